The highest BCUT2D eigenvalue weighted by Gasteiger charge is 2.18. The number of hydrogen-bond acceptors (Lipinski definition) is 3. The predicted molar refractivity (Wildman–Crippen MR) is 61.6 cm³/mol. The predicted octanol–water partition coefficient (Wildman–Crippen LogP) is 0.855. The van der Waals surface area contributed by atoms with Gasteiger partial charge in [-0.1, -0.05) is 13.8 Å². The molecule has 0 saturated carbocycles. The van der Waals surface area contributed by atoms with Gasteiger partial charge in [-0.15, -0.1) is 0 Å². The second kappa shape index (κ2) is 7.65. The van der Waals surface area contributed by atoms with Crippen molar-refractivity contribution in [2.24, 2.45) is 11.7 Å². The third kappa shape index (κ3) is 6.47. The number of nitrogens with zero attached hydrogens (tertiary/aromatic N) is 1. The van der Waals surface area contributed by atoms with E-state index in [1.807, 2.05) is 6.92 Å². The van der Waals surface area contributed by atoms with E-state index in [2.05, 4.69) is 13.8 Å². The third-order valence-electron chi connectivity index (χ3n) is 2.19. The van der Waals surface area contributed by atoms with Gasteiger partial charge in [0.1, 0.15) is 0 Å². The molecule has 0 rings (SSSR count). The highest BCUT2D eigenvalue weighted by Crippen LogP contribution is 2.04. The lowest BCUT2D eigenvalue weighted by atomic mass is 10.0. The van der Waals surface area contributed by atoms with Gasteiger partial charge in [0.25, 0.3) is 0 Å². The largest absolute Gasteiger partial charge is 0.380 e. The van der Waals surface area contributed by atoms with E-state index in [0.717, 1.165) is 6.42 Å². The van der Waals surface area contributed by atoms with Crippen LogP contribution in [0.25, 0.3) is 0 Å². The molecule has 4 nitrogen and oxygen atoms in total. The van der Waals surface area contributed by atoms with Crippen LogP contribution in [-0.4, -0.2) is 43.7 Å². The summed E-state index contributed by atoms with van der Waals surface area (Å²) in [6.07, 6.45) is 0.734. The monoisotopic (exact) mass is 216 g/mol. The summed E-state index contributed by atoms with van der Waals surface area (Å²) in [5.74, 6) is 0.452. The minimum absolute atomic E-state index is 0.00315. The maximum atomic E-state index is 11.7. The Hall–Kier alpha value is -0.610. The summed E-state index contributed by atoms with van der Waals surface area (Å²) < 4.78 is 5.18. The lowest BCUT2D eigenvalue weighted by Gasteiger charge is -2.22. The van der Waals surface area contributed by atoms with E-state index < -0.39 is 0 Å². The molecule has 0 radical (unpaired) electrons. The van der Waals surface area contributed by atoms with Gasteiger partial charge in [-0.25, -0.2) is 0 Å². The van der Waals surface area contributed by atoms with E-state index in [1.54, 1.807) is 11.9 Å². The van der Waals surface area contributed by atoms with E-state index in [1.165, 1.54) is 0 Å². The molecule has 15 heavy (non-hydrogen) atoms. The molecule has 0 aromatic heterocycles. The van der Waals surface area contributed by atoms with Crippen molar-refractivity contribution in [1.29, 1.82) is 0 Å². The van der Waals surface area contributed by atoms with Gasteiger partial charge in [0.05, 0.1) is 12.6 Å². The minimum atomic E-state index is -0.378. The Morgan fingerprint density at radius 3 is 2.53 bits per heavy atom. The zero-order chi connectivity index (χ0) is 11.8. The smallest absolute Gasteiger partial charge is 0.239 e. The molecule has 90 valence electrons. The van der Waals surface area contributed by atoms with Crippen molar-refractivity contribution in [3.8, 4) is 0 Å². The summed E-state index contributed by atoms with van der Waals surface area (Å²) in [5, 5.41) is 0. The molecule has 0 aliphatic heterocycles. The first-order valence-electron chi connectivity index (χ1n) is 5.57. The van der Waals surface area contributed by atoms with E-state index >= 15 is 0 Å². The zero-order valence-corrected chi connectivity index (χ0v) is 10.3. The molecule has 4 heteroatoms. The van der Waals surface area contributed by atoms with Crippen LogP contribution in [0.15, 0.2) is 0 Å². The van der Waals surface area contributed by atoms with Crippen LogP contribution < -0.4 is 5.73 Å². The number of rotatable bonds is 7. The highest BCUT2D eigenvalue weighted by molar-refractivity contribution is 5.81. The molecule has 2 N–H and O–H groups in total. The molecule has 0 fully saturated rings. The summed E-state index contributed by atoms with van der Waals surface area (Å²) >= 11 is 0. The highest BCUT2D eigenvalue weighted by atomic mass is 16.5. The average molecular weight is 216 g/mol. The van der Waals surface area contributed by atoms with Crippen LogP contribution in [0.3, 0.4) is 0 Å². The lowest BCUT2D eigenvalue weighted by molar-refractivity contribution is -0.132. The fourth-order valence-corrected chi connectivity index (χ4v) is 1.35. The zero-order valence-electron chi connectivity index (χ0n) is 10.3. The van der Waals surface area contributed by atoms with Crippen molar-refractivity contribution in [3.63, 3.8) is 0 Å². The van der Waals surface area contributed by atoms with Crippen LogP contribution in [-0.2, 0) is 9.53 Å². The van der Waals surface area contributed by atoms with E-state index in [4.69, 9.17) is 10.5 Å². The quantitative estimate of drug-likeness (QED) is 0.642. The molecule has 0 bridgehead atoms. The van der Waals surface area contributed by atoms with Gasteiger partial charge in [-0.2, -0.15) is 0 Å². The van der Waals surface area contributed by atoms with Crippen molar-refractivity contribution in [2.75, 3.05) is 26.8 Å². The van der Waals surface area contributed by atoms with Gasteiger partial charge >= 0.3 is 0 Å². The normalized spacial score (nSPS) is 12.9. The fraction of sp³-hybridized carbons (Fsp3) is 0.909. The SMILES string of the molecule is CCOCCN(C)C(=O)[C@H](N)CC(C)C. The van der Waals surface area contributed by atoms with Gasteiger partial charge in [0, 0.05) is 20.2 Å². The Morgan fingerprint density at radius 2 is 2.07 bits per heavy atom. The molecule has 1 atom stereocenters. The molecule has 0 heterocycles. The van der Waals surface area contributed by atoms with Gasteiger partial charge in [-0.05, 0) is 19.3 Å². The van der Waals surface area contributed by atoms with Crippen LogP contribution >= 0.6 is 0 Å². The summed E-state index contributed by atoms with van der Waals surface area (Å²) in [6.45, 7) is 7.93. The number of nitrogens with two attached hydrogens (primary N) is 1. The Labute approximate surface area is 92.8 Å². The molecule has 0 aromatic carbocycles. The van der Waals surface area contributed by atoms with E-state index in [0.29, 0.717) is 25.7 Å². The van der Waals surface area contributed by atoms with Crippen LogP contribution in [0, 0.1) is 5.92 Å². The number of likely N-dealkylation sites (N-methyl/N-ethyl adjacent to an activating group) is 1. The second-order valence-electron chi connectivity index (χ2n) is 4.19. The molecular weight excluding hydrogens is 192 g/mol. The summed E-state index contributed by atoms with van der Waals surface area (Å²) in [4.78, 5) is 13.4. The Balaban J connectivity index is 3.85. The Kier molecular flexibility index (Phi) is 7.34. The van der Waals surface area contributed by atoms with Crippen molar-refractivity contribution in [1.82, 2.24) is 4.90 Å². The first-order chi connectivity index (χ1) is 6.99. The van der Waals surface area contributed by atoms with Crippen molar-refractivity contribution < 1.29 is 9.53 Å². The fourth-order valence-electron chi connectivity index (χ4n) is 1.35. The second-order valence-corrected chi connectivity index (χ2v) is 4.19. The number of amides is 1. The van der Waals surface area contributed by atoms with Crippen molar-refractivity contribution in [2.45, 2.75) is 33.2 Å². The Morgan fingerprint density at radius 1 is 1.47 bits per heavy atom. The molecule has 0 aliphatic carbocycles. The molecule has 0 saturated heterocycles. The molecule has 0 spiro atoms. The van der Waals surface area contributed by atoms with E-state index in [-0.39, 0.29) is 11.9 Å². The Bertz CT molecular complexity index is 183. The average Bonchev–Trinajstić information content (AvgIpc) is 2.15. The number of carbonyl (C=O) groups is 1. The molecule has 1 amide bonds. The lowest BCUT2D eigenvalue weighted by Crippen LogP contribution is -2.43. The van der Waals surface area contributed by atoms with E-state index in [9.17, 15) is 4.79 Å². The van der Waals surface area contributed by atoms with Crippen LogP contribution in [0.4, 0.5) is 0 Å². The van der Waals surface area contributed by atoms with Crippen molar-refractivity contribution in [3.05, 3.63) is 0 Å². The van der Waals surface area contributed by atoms with Gasteiger partial charge < -0.3 is 15.4 Å². The topological polar surface area (TPSA) is 55.6 Å². The minimum Gasteiger partial charge on any atom is -0.380 e. The van der Waals surface area contributed by atoms with Gasteiger partial charge in [0.15, 0.2) is 0 Å². The summed E-state index contributed by atoms with van der Waals surface area (Å²) in [7, 11) is 1.77. The third-order valence-corrected chi connectivity index (χ3v) is 2.19. The molecule has 0 aliphatic rings. The van der Waals surface area contributed by atoms with Crippen LogP contribution in [0.1, 0.15) is 27.2 Å². The number of carbonyl (C=O) groups excluding carboxylic acids is 1. The van der Waals surface area contributed by atoms with Crippen LogP contribution in [0.5, 0.6) is 0 Å². The first-order valence-corrected chi connectivity index (χ1v) is 5.57. The first kappa shape index (κ1) is 14.4. The standard InChI is InChI=1S/C11H24N2O2/c1-5-15-7-6-13(4)11(14)10(12)8-9(2)3/h9-10H,5-8,12H2,1-4H3/t10-/m1/s1. The number of ether oxygens (including phenoxy) is 1. The van der Waals surface area contributed by atoms with Crippen LogP contribution in [0.2, 0.25) is 0 Å². The molecule has 0 aromatic rings. The van der Waals surface area contributed by atoms with Gasteiger partial charge in [-0.3, -0.25) is 4.79 Å². The molecular formula is C11H24N2O2. The maximum absolute atomic E-state index is 11.7. The molecule has 0 unspecified atom stereocenters. The maximum Gasteiger partial charge on any atom is 0.239 e. The number of hydrogen-bond donors (Lipinski definition) is 1. The summed E-state index contributed by atoms with van der Waals surface area (Å²) in [6, 6.07) is -0.378. The summed E-state index contributed by atoms with van der Waals surface area (Å²) in [5.41, 5.74) is 5.79. The van der Waals surface area contributed by atoms with Gasteiger partial charge in [0.2, 0.25) is 5.91 Å². The van der Waals surface area contributed by atoms with Crippen molar-refractivity contribution >= 4 is 5.91 Å².